The Hall–Kier alpha value is -1.25. The molecule has 0 amide bonds. The maximum absolute atomic E-state index is 11.9. The molecule has 0 atom stereocenters. The number of thiazole rings is 1. The molecule has 2 rings (SSSR count). The van der Waals surface area contributed by atoms with Crippen LogP contribution < -0.4 is 17.0 Å². The van der Waals surface area contributed by atoms with Gasteiger partial charge >= 0.3 is 5.69 Å². The summed E-state index contributed by atoms with van der Waals surface area (Å²) >= 11 is 4.83. The number of nitrogen functional groups attached to an aromatic ring is 1. The highest BCUT2D eigenvalue weighted by molar-refractivity contribution is 9.10. The van der Waals surface area contributed by atoms with E-state index in [-0.39, 0.29) is 5.69 Å². The van der Waals surface area contributed by atoms with E-state index in [9.17, 15) is 4.79 Å². The van der Waals surface area contributed by atoms with Gasteiger partial charge in [0.2, 0.25) is 0 Å². The zero-order chi connectivity index (χ0) is 13.3. The zero-order valence-corrected chi connectivity index (χ0v) is 12.3. The fourth-order valence-corrected chi connectivity index (χ4v) is 2.58. The van der Waals surface area contributed by atoms with Crippen molar-refractivity contribution in [2.24, 2.45) is 5.84 Å². The van der Waals surface area contributed by atoms with Crippen molar-refractivity contribution in [3.05, 3.63) is 37.4 Å². The summed E-state index contributed by atoms with van der Waals surface area (Å²) < 4.78 is 2.45. The standard InChI is InChI=1S/C10H12BrN5OS/c1-5-8(11)6(2)16(10(17)14-5)4-7-3-13-9(15-12)18-7/h3H,4,12H2,1-2H3,(H,13,15). The number of hydrogen-bond acceptors (Lipinski definition) is 6. The van der Waals surface area contributed by atoms with E-state index in [4.69, 9.17) is 5.84 Å². The molecule has 0 bridgehead atoms. The maximum atomic E-state index is 11.9. The average molecular weight is 330 g/mol. The van der Waals surface area contributed by atoms with Crippen LogP contribution in [0.1, 0.15) is 16.3 Å². The molecule has 18 heavy (non-hydrogen) atoms. The molecule has 0 saturated carbocycles. The van der Waals surface area contributed by atoms with Crippen LogP contribution in [0.3, 0.4) is 0 Å². The molecule has 96 valence electrons. The third-order valence-electron chi connectivity index (χ3n) is 2.53. The van der Waals surface area contributed by atoms with Gasteiger partial charge in [0.25, 0.3) is 0 Å². The van der Waals surface area contributed by atoms with E-state index >= 15 is 0 Å². The van der Waals surface area contributed by atoms with Gasteiger partial charge in [0.05, 0.1) is 16.7 Å². The van der Waals surface area contributed by atoms with Crippen molar-refractivity contribution in [1.29, 1.82) is 0 Å². The Bertz CT molecular complexity index is 636. The number of hydrogen-bond donors (Lipinski definition) is 2. The van der Waals surface area contributed by atoms with E-state index in [1.54, 1.807) is 17.7 Å². The minimum absolute atomic E-state index is 0.260. The van der Waals surface area contributed by atoms with Gasteiger partial charge in [0.15, 0.2) is 5.13 Å². The zero-order valence-electron chi connectivity index (χ0n) is 9.90. The van der Waals surface area contributed by atoms with Crippen LogP contribution >= 0.6 is 27.3 Å². The van der Waals surface area contributed by atoms with E-state index in [1.807, 2.05) is 6.92 Å². The van der Waals surface area contributed by atoms with Crippen LogP contribution in [0.5, 0.6) is 0 Å². The van der Waals surface area contributed by atoms with Crippen LogP contribution in [0.15, 0.2) is 15.5 Å². The number of aryl methyl sites for hydroxylation is 1. The maximum Gasteiger partial charge on any atom is 0.348 e. The van der Waals surface area contributed by atoms with Crippen molar-refractivity contribution >= 4 is 32.4 Å². The molecule has 0 radical (unpaired) electrons. The van der Waals surface area contributed by atoms with E-state index in [1.165, 1.54) is 11.3 Å². The summed E-state index contributed by atoms with van der Waals surface area (Å²) in [6, 6.07) is 0. The first kappa shape index (κ1) is 13.2. The Morgan fingerprint density at radius 3 is 2.89 bits per heavy atom. The first-order valence-corrected chi connectivity index (χ1v) is 6.78. The van der Waals surface area contributed by atoms with E-state index in [2.05, 4.69) is 31.3 Å². The Labute approximate surface area is 116 Å². The quantitative estimate of drug-likeness (QED) is 0.656. The van der Waals surface area contributed by atoms with Crippen LogP contribution in [0.2, 0.25) is 0 Å². The Balaban J connectivity index is 2.40. The minimum atomic E-state index is -0.260. The van der Waals surface area contributed by atoms with Gasteiger partial charge in [-0.2, -0.15) is 4.98 Å². The molecule has 3 N–H and O–H groups in total. The first-order valence-electron chi connectivity index (χ1n) is 5.17. The topological polar surface area (TPSA) is 85.8 Å². The largest absolute Gasteiger partial charge is 0.348 e. The van der Waals surface area contributed by atoms with E-state index in [0.29, 0.717) is 17.4 Å². The molecule has 0 aliphatic heterocycles. The number of rotatable bonds is 3. The predicted octanol–water partition coefficient (Wildman–Crippen LogP) is 1.41. The Morgan fingerprint density at radius 2 is 2.28 bits per heavy atom. The smallest absolute Gasteiger partial charge is 0.300 e. The number of nitrogens with one attached hydrogen (secondary N) is 1. The van der Waals surface area contributed by atoms with Crippen molar-refractivity contribution in [2.45, 2.75) is 20.4 Å². The van der Waals surface area contributed by atoms with Gasteiger partial charge in [-0.05, 0) is 29.8 Å². The van der Waals surface area contributed by atoms with Crippen LogP contribution in [0, 0.1) is 13.8 Å². The molecule has 0 saturated heterocycles. The highest BCUT2D eigenvalue weighted by atomic mass is 79.9. The fourth-order valence-electron chi connectivity index (χ4n) is 1.57. The van der Waals surface area contributed by atoms with E-state index in [0.717, 1.165) is 15.0 Å². The normalized spacial score (nSPS) is 10.7. The monoisotopic (exact) mass is 329 g/mol. The number of anilines is 1. The van der Waals surface area contributed by atoms with Gasteiger partial charge in [-0.3, -0.25) is 9.99 Å². The summed E-state index contributed by atoms with van der Waals surface area (Å²) in [5.41, 5.74) is 3.76. The number of nitrogens with two attached hydrogens (primary N) is 1. The molecule has 6 nitrogen and oxygen atoms in total. The first-order chi connectivity index (χ1) is 8.52. The molecule has 0 aliphatic rings. The lowest BCUT2D eigenvalue weighted by molar-refractivity contribution is 0.694. The van der Waals surface area contributed by atoms with Gasteiger partial charge in [-0.1, -0.05) is 11.3 Å². The third kappa shape index (κ3) is 2.45. The molecule has 0 unspecified atom stereocenters. The van der Waals surface area contributed by atoms with Crippen LogP contribution in [-0.2, 0) is 6.54 Å². The molecule has 0 aliphatic carbocycles. The van der Waals surface area contributed by atoms with Gasteiger partial charge in [-0.15, -0.1) is 0 Å². The molecule has 0 spiro atoms. The second-order valence-electron chi connectivity index (χ2n) is 3.74. The molecule has 2 heterocycles. The summed E-state index contributed by atoms with van der Waals surface area (Å²) in [6.45, 7) is 4.12. The molecular formula is C10H12BrN5OS. The second-order valence-corrected chi connectivity index (χ2v) is 5.65. The fraction of sp³-hybridized carbons (Fsp3) is 0.300. The Kier molecular flexibility index (Phi) is 3.79. The highest BCUT2D eigenvalue weighted by Crippen LogP contribution is 2.20. The lowest BCUT2D eigenvalue weighted by Gasteiger charge is -2.10. The van der Waals surface area contributed by atoms with Crippen LogP contribution in [0.25, 0.3) is 0 Å². The average Bonchev–Trinajstić information content (AvgIpc) is 2.80. The van der Waals surface area contributed by atoms with Crippen molar-refractivity contribution in [3.8, 4) is 0 Å². The molecule has 2 aromatic rings. The minimum Gasteiger partial charge on any atom is -0.300 e. The summed E-state index contributed by atoms with van der Waals surface area (Å²) in [5, 5.41) is 0.620. The summed E-state index contributed by atoms with van der Waals surface area (Å²) in [4.78, 5) is 20.8. The molecule has 2 aromatic heterocycles. The third-order valence-corrected chi connectivity index (χ3v) is 4.59. The molecular weight excluding hydrogens is 318 g/mol. The lowest BCUT2D eigenvalue weighted by atomic mass is 10.3. The van der Waals surface area contributed by atoms with Gasteiger partial charge in [0, 0.05) is 16.8 Å². The molecule has 0 aromatic carbocycles. The van der Waals surface area contributed by atoms with Crippen molar-refractivity contribution in [3.63, 3.8) is 0 Å². The molecule has 0 fully saturated rings. The predicted molar refractivity (Wildman–Crippen MR) is 74.7 cm³/mol. The Morgan fingerprint density at radius 1 is 1.56 bits per heavy atom. The number of nitrogens with zero attached hydrogens (tertiary/aromatic N) is 3. The van der Waals surface area contributed by atoms with E-state index < -0.39 is 0 Å². The van der Waals surface area contributed by atoms with Gasteiger partial charge < -0.3 is 0 Å². The lowest BCUT2D eigenvalue weighted by Crippen LogP contribution is -2.26. The van der Waals surface area contributed by atoms with Gasteiger partial charge in [0.1, 0.15) is 0 Å². The summed E-state index contributed by atoms with van der Waals surface area (Å²) in [5.74, 6) is 5.27. The van der Waals surface area contributed by atoms with Gasteiger partial charge in [-0.25, -0.2) is 15.6 Å². The second kappa shape index (κ2) is 5.17. The van der Waals surface area contributed by atoms with Crippen LogP contribution in [0.4, 0.5) is 5.13 Å². The van der Waals surface area contributed by atoms with Crippen molar-refractivity contribution < 1.29 is 0 Å². The summed E-state index contributed by atoms with van der Waals surface area (Å²) in [7, 11) is 0. The number of hydrazine groups is 1. The van der Waals surface area contributed by atoms with Crippen molar-refractivity contribution in [1.82, 2.24) is 14.5 Å². The number of halogens is 1. The van der Waals surface area contributed by atoms with Crippen molar-refractivity contribution in [2.75, 3.05) is 5.43 Å². The van der Waals surface area contributed by atoms with Crippen LogP contribution in [-0.4, -0.2) is 14.5 Å². The number of aromatic nitrogens is 3. The summed E-state index contributed by atoms with van der Waals surface area (Å²) in [6.07, 6.45) is 1.69. The SMILES string of the molecule is Cc1nc(=O)n(Cc2cnc(NN)s2)c(C)c1Br. The molecule has 8 heteroatoms. The highest BCUT2D eigenvalue weighted by Gasteiger charge is 2.11.